The zero-order chi connectivity index (χ0) is 25.3. The molecule has 188 valence electrons. The molecule has 0 aliphatic carbocycles. The molecule has 1 heterocycles. The molecule has 0 saturated carbocycles. The molecule has 1 amide bonds. The van der Waals surface area contributed by atoms with E-state index < -0.39 is 0 Å². The van der Waals surface area contributed by atoms with Crippen LogP contribution in [-0.2, 0) is 11.4 Å². The van der Waals surface area contributed by atoms with Crippen LogP contribution < -0.4 is 19.6 Å². The van der Waals surface area contributed by atoms with Gasteiger partial charge >= 0.3 is 0 Å². The molecule has 10 heteroatoms. The van der Waals surface area contributed by atoms with Gasteiger partial charge in [0.05, 0.1) is 17.9 Å². The highest BCUT2D eigenvalue weighted by molar-refractivity contribution is 9.10. The summed E-state index contributed by atoms with van der Waals surface area (Å²) in [6.45, 7) is 0.276. The first-order valence-electron chi connectivity index (χ1n) is 11.0. The zero-order valence-corrected chi connectivity index (χ0v) is 24.2. The number of ether oxygens (including phenoxy) is 3. The number of carbonyl (C=O) groups excluding carboxylic acids is 1. The number of amides is 1. The number of nitrogens with zero attached hydrogens (tertiary/aromatic N) is 1. The van der Waals surface area contributed by atoms with Crippen LogP contribution >= 0.6 is 55.4 Å². The summed E-state index contributed by atoms with van der Waals surface area (Å²) in [5.41, 5.74) is 5.52. The summed E-state index contributed by atoms with van der Waals surface area (Å²) in [7, 11) is 1.58. The molecule has 0 bridgehead atoms. The number of thioether (sulfide) groups is 2. The van der Waals surface area contributed by atoms with Crippen molar-refractivity contribution in [2.45, 2.75) is 11.2 Å². The Hall–Kier alpha value is -2.14. The van der Waals surface area contributed by atoms with E-state index in [0.29, 0.717) is 28.4 Å². The summed E-state index contributed by atoms with van der Waals surface area (Å²) in [4.78, 5) is 12.2. The zero-order valence-electron chi connectivity index (χ0n) is 19.4. The summed E-state index contributed by atoms with van der Waals surface area (Å²) in [6.07, 6.45) is 1.54. The highest BCUT2D eigenvalue weighted by atomic mass is 79.9. The van der Waals surface area contributed by atoms with Crippen LogP contribution in [0.2, 0.25) is 0 Å². The first-order valence-corrected chi connectivity index (χ1v) is 14.7. The normalized spacial score (nSPS) is 13.6. The molecule has 3 aromatic carbocycles. The predicted molar refractivity (Wildman–Crippen MR) is 154 cm³/mol. The van der Waals surface area contributed by atoms with Crippen molar-refractivity contribution in [3.05, 3.63) is 86.3 Å². The minimum absolute atomic E-state index is 0.128. The summed E-state index contributed by atoms with van der Waals surface area (Å²) in [6, 6.07) is 19.4. The molecule has 1 aliphatic heterocycles. The van der Waals surface area contributed by atoms with E-state index in [1.807, 2.05) is 66.0 Å². The maximum absolute atomic E-state index is 12.2. The van der Waals surface area contributed by atoms with Crippen LogP contribution in [0.5, 0.6) is 17.2 Å². The fraction of sp³-hybridized carbons (Fsp3) is 0.231. The molecule has 3 aromatic rings. The maximum atomic E-state index is 12.2. The van der Waals surface area contributed by atoms with Gasteiger partial charge in [-0.05, 0) is 63.5 Å². The molecule has 0 spiro atoms. The number of halogens is 2. The number of hydrazone groups is 1. The SMILES string of the molecule is COc1cc(/C=N\NC(=O)COc2ccc(C3SCCS3)cc2)c(Br)cc1OCc1ccc(Br)cc1. The molecule has 0 unspecified atom stereocenters. The molecular weight excluding hydrogens is 628 g/mol. The number of carbonyl (C=O) groups is 1. The number of methoxy groups -OCH3 is 1. The second-order valence-electron chi connectivity index (χ2n) is 7.66. The predicted octanol–water partition coefficient (Wildman–Crippen LogP) is 6.81. The maximum Gasteiger partial charge on any atom is 0.277 e. The van der Waals surface area contributed by atoms with Gasteiger partial charge in [-0.2, -0.15) is 5.10 Å². The molecule has 6 nitrogen and oxygen atoms in total. The summed E-state index contributed by atoms with van der Waals surface area (Å²) < 4.78 is 19.3. The molecule has 1 fully saturated rings. The van der Waals surface area contributed by atoms with Crippen molar-refractivity contribution in [1.29, 1.82) is 0 Å². The molecule has 0 aromatic heterocycles. The molecule has 1 N–H and O–H groups in total. The summed E-state index contributed by atoms with van der Waals surface area (Å²) >= 11 is 10.9. The topological polar surface area (TPSA) is 69.2 Å². The monoisotopic (exact) mass is 650 g/mol. The summed E-state index contributed by atoms with van der Waals surface area (Å²) in [5.74, 6) is 3.82. The smallest absolute Gasteiger partial charge is 0.277 e. The van der Waals surface area contributed by atoms with Gasteiger partial charge in [0.2, 0.25) is 0 Å². The molecule has 4 rings (SSSR count). The number of hydrogen-bond donors (Lipinski definition) is 1. The highest BCUT2D eigenvalue weighted by Gasteiger charge is 2.18. The third-order valence-corrected chi connectivity index (χ3v) is 9.45. The minimum atomic E-state index is -0.352. The van der Waals surface area contributed by atoms with Gasteiger partial charge in [-0.1, -0.05) is 40.2 Å². The average molecular weight is 652 g/mol. The Morgan fingerprint density at radius 3 is 2.44 bits per heavy atom. The third-order valence-electron chi connectivity index (χ3n) is 5.13. The van der Waals surface area contributed by atoms with Gasteiger partial charge in [0.25, 0.3) is 5.91 Å². The van der Waals surface area contributed by atoms with E-state index >= 15 is 0 Å². The van der Waals surface area contributed by atoms with E-state index in [1.54, 1.807) is 13.2 Å². The van der Waals surface area contributed by atoms with Gasteiger partial charge in [0.1, 0.15) is 12.4 Å². The lowest BCUT2D eigenvalue weighted by atomic mass is 10.2. The molecule has 1 saturated heterocycles. The number of nitrogens with one attached hydrogen (secondary N) is 1. The van der Waals surface area contributed by atoms with Crippen LogP contribution in [0.15, 0.2) is 74.7 Å². The largest absolute Gasteiger partial charge is 0.493 e. The van der Waals surface area contributed by atoms with Gasteiger partial charge in [0.15, 0.2) is 18.1 Å². The van der Waals surface area contributed by atoms with Crippen LogP contribution in [0.25, 0.3) is 0 Å². The Kier molecular flexibility index (Phi) is 10.0. The second-order valence-corrected chi connectivity index (χ2v) is 12.2. The Morgan fingerprint density at radius 1 is 1.03 bits per heavy atom. The second kappa shape index (κ2) is 13.4. The van der Waals surface area contributed by atoms with E-state index in [2.05, 4.69) is 54.5 Å². The molecule has 1 aliphatic rings. The quantitative estimate of drug-likeness (QED) is 0.192. The lowest BCUT2D eigenvalue weighted by Crippen LogP contribution is -2.24. The van der Waals surface area contributed by atoms with E-state index in [-0.39, 0.29) is 12.5 Å². The van der Waals surface area contributed by atoms with Crippen LogP contribution in [0.3, 0.4) is 0 Å². The van der Waals surface area contributed by atoms with E-state index in [9.17, 15) is 4.79 Å². The molecular formula is C26H24Br2N2O4S2. The Morgan fingerprint density at radius 2 is 1.75 bits per heavy atom. The average Bonchev–Trinajstić information content (AvgIpc) is 3.43. The summed E-state index contributed by atoms with van der Waals surface area (Å²) in [5, 5.41) is 4.05. The van der Waals surface area contributed by atoms with Gasteiger partial charge in [-0.3, -0.25) is 4.79 Å². The standard InChI is InChI=1S/C26H24Br2N2O4S2/c1-32-23-12-19(22(28)13-24(23)34-15-17-2-6-20(27)7-3-17)14-29-30-25(31)16-33-21-8-4-18(5-9-21)26-35-10-11-36-26/h2-9,12-14,26H,10-11,15-16H2,1H3,(H,30,31)/b29-14-. The van der Waals surface area contributed by atoms with Gasteiger partial charge < -0.3 is 14.2 Å². The first-order chi connectivity index (χ1) is 17.5. The fourth-order valence-electron chi connectivity index (χ4n) is 3.29. The lowest BCUT2D eigenvalue weighted by molar-refractivity contribution is -0.123. The Labute approximate surface area is 235 Å². The van der Waals surface area contributed by atoms with Crippen molar-refractivity contribution in [2.24, 2.45) is 5.10 Å². The molecule has 0 radical (unpaired) electrons. The van der Waals surface area contributed by atoms with Gasteiger partial charge in [-0.15, -0.1) is 23.5 Å². The van der Waals surface area contributed by atoms with E-state index in [1.165, 1.54) is 23.3 Å². The van der Waals surface area contributed by atoms with Crippen LogP contribution in [-0.4, -0.2) is 37.3 Å². The highest BCUT2D eigenvalue weighted by Crippen LogP contribution is 2.45. The number of rotatable bonds is 10. The van der Waals surface area contributed by atoms with Crippen LogP contribution in [0, 0.1) is 0 Å². The van der Waals surface area contributed by atoms with E-state index in [4.69, 9.17) is 14.2 Å². The number of hydrogen-bond acceptors (Lipinski definition) is 7. The van der Waals surface area contributed by atoms with Crippen LogP contribution in [0.1, 0.15) is 21.3 Å². The van der Waals surface area contributed by atoms with Crippen molar-refractivity contribution in [3.8, 4) is 17.2 Å². The minimum Gasteiger partial charge on any atom is -0.493 e. The molecule has 0 atom stereocenters. The van der Waals surface area contributed by atoms with Crippen molar-refractivity contribution in [2.75, 3.05) is 25.2 Å². The Bertz CT molecular complexity index is 1200. The lowest BCUT2D eigenvalue weighted by Gasteiger charge is -2.13. The van der Waals surface area contributed by atoms with Crippen molar-refractivity contribution < 1.29 is 19.0 Å². The van der Waals surface area contributed by atoms with Crippen LogP contribution in [0.4, 0.5) is 0 Å². The Balaban J connectivity index is 1.28. The van der Waals surface area contributed by atoms with Crippen molar-refractivity contribution in [3.63, 3.8) is 0 Å². The first kappa shape index (κ1) is 26.9. The van der Waals surface area contributed by atoms with Crippen molar-refractivity contribution >= 4 is 67.5 Å². The van der Waals surface area contributed by atoms with Gasteiger partial charge in [0, 0.05) is 26.0 Å². The fourth-order valence-corrected chi connectivity index (χ4v) is 6.84. The van der Waals surface area contributed by atoms with E-state index in [0.717, 1.165) is 20.1 Å². The molecule has 36 heavy (non-hydrogen) atoms. The number of benzene rings is 3. The van der Waals surface area contributed by atoms with Crippen molar-refractivity contribution in [1.82, 2.24) is 5.43 Å². The third kappa shape index (κ3) is 7.68. The van der Waals surface area contributed by atoms with Gasteiger partial charge in [-0.25, -0.2) is 5.43 Å².